The lowest BCUT2D eigenvalue weighted by molar-refractivity contribution is 0.479. The van der Waals surface area contributed by atoms with Gasteiger partial charge in [-0.25, -0.2) is 0 Å². The summed E-state index contributed by atoms with van der Waals surface area (Å²) >= 11 is 9.62. The van der Waals surface area contributed by atoms with Crippen molar-refractivity contribution in [2.24, 2.45) is 11.7 Å². The summed E-state index contributed by atoms with van der Waals surface area (Å²) in [5.41, 5.74) is 6.83. The second-order valence-electron chi connectivity index (χ2n) is 4.26. The van der Waals surface area contributed by atoms with Gasteiger partial charge in [-0.15, -0.1) is 0 Å². The maximum atomic E-state index is 6.17. The van der Waals surface area contributed by atoms with Gasteiger partial charge >= 0.3 is 0 Å². The first-order chi connectivity index (χ1) is 7.54. The number of hydrogen-bond donors (Lipinski definition) is 2. The van der Waals surface area contributed by atoms with Crippen LogP contribution in [0.15, 0.2) is 22.7 Å². The van der Waals surface area contributed by atoms with Gasteiger partial charge in [0, 0.05) is 22.1 Å². The fourth-order valence-corrected chi connectivity index (χ4v) is 2.11. The molecular weight excluding hydrogens is 288 g/mol. The van der Waals surface area contributed by atoms with Crippen molar-refractivity contribution in [2.75, 3.05) is 13.1 Å². The summed E-state index contributed by atoms with van der Waals surface area (Å²) in [5.74, 6) is 0.597. The van der Waals surface area contributed by atoms with E-state index in [1.54, 1.807) is 0 Å². The van der Waals surface area contributed by atoms with E-state index in [0.717, 1.165) is 21.6 Å². The Balaban J connectivity index is 2.81. The number of hydrogen-bond acceptors (Lipinski definition) is 2. The van der Waals surface area contributed by atoms with Gasteiger partial charge in [0.05, 0.1) is 0 Å². The van der Waals surface area contributed by atoms with Gasteiger partial charge in [0.15, 0.2) is 0 Å². The molecule has 1 aromatic rings. The Hall–Kier alpha value is -0.0900. The van der Waals surface area contributed by atoms with Gasteiger partial charge in [0.25, 0.3) is 0 Å². The highest BCUT2D eigenvalue weighted by Crippen LogP contribution is 2.26. The fraction of sp³-hybridized carbons (Fsp3) is 0.500. The monoisotopic (exact) mass is 304 g/mol. The molecule has 0 aliphatic carbocycles. The van der Waals surface area contributed by atoms with Crippen molar-refractivity contribution in [3.8, 4) is 0 Å². The lowest BCUT2D eigenvalue weighted by Gasteiger charge is -2.20. The second-order valence-corrected chi connectivity index (χ2v) is 5.58. The van der Waals surface area contributed by atoms with Gasteiger partial charge in [0.2, 0.25) is 0 Å². The van der Waals surface area contributed by atoms with E-state index in [2.05, 4.69) is 35.1 Å². The Kier molecular flexibility index (Phi) is 5.76. The van der Waals surface area contributed by atoms with E-state index in [4.69, 9.17) is 17.3 Å². The maximum absolute atomic E-state index is 6.17. The molecule has 1 aromatic carbocycles. The quantitative estimate of drug-likeness (QED) is 0.875. The van der Waals surface area contributed by atoms with Crippen LogP contribution in [-0.2, 0) is 0 Å². The Labute approximate surface area is 111 Å². The Morgan fingerprint density at radius 2 is 2.12 bits per heavy atom. The molecule has 0 spiro atoms. The van der Waals surface area contributed by atoms with Crippen molar-refractivity contribution in [3.05, 3.63) is 33.3 Å². The molecule has 0 fully saturated rings. The molecule has 0 radical (unpaired) electrons. The van der Waals surface area contributed by atoms with Gasteiger partial charge in [-0.05, 0) is 36.2 Å². The molecule has 0 amide bonds. The van der Waals surface area contributed by atoms with Crippen LogP contribution in [0, 0.1) is 5.92 Å². The molecule has 0 bridgehead atoms. The van der Waals surface area contributed by atoms with Crippen LogP contribution in [-0.4, -0.2) is 13.1 Å². The summed E-state index contributed by atoms with van der Waals surface area (Å²) in [5, 5.41) is 4.18. The molecule has 0 aliphatic heterocycles. The molecule has 3 N–H and O–H groups in total. The lowest BCUT2D eigenvalue weighted by Crippen LogP contribution is -2.31. The van der Waals surface area contributed by atoms with Crippen molar-refractivity contribution in [1.82, 2.24) is 5.32 Å². The topological polar surface area (TPSA) is 38.0 Å². The number of benzene rings is 1. The van der Waals surface area contributed by atoms with Gasteiger partial charge < -0.3 is 11.1 Å². The standard InChI is InChI=1S/C12H18BrClN2/c1-8(2)7-16-12(6-15)10-5-9(13)3-4-11(10)14/h3-5,8,12,16H,6-7,15H2,1-2H3. The summed E-state index contributed by atoms with van der Waals surface area (Å²) in [6.45, 7) is 5.82. The number of halogens is 2. The molecule has 0 aliphatic rings. The molecule has 2 nitrogen and oxygen atoms in total. The lowest BCUT2D eigenvalue weighted by atomic mass is 10.1. The van der Waals surface area contributed by atoms with Crippen LogP contribution in [0.25, 0.3) is 0 Å². The van der Waals surface area contributed by atoms with Crippen LogP contribution in [0.2, 0.25) is 5.02 Å². The minimum atomic E-state index is 0.118. The van der Waals surface area contributed by atoms with Crippen molar-refractivity contribution in [2.45, 2.75) is 19.9 Å². The van der Waals surface area contributed by atoms with Gasteiger partial charge in [-0.3, -0.25) is 0 Å². The van der Waals surface area contributed by atoms with E-state index in [-0.39, 0.29) is 6.04 Å². The normalized spacial score (nSPS) is 13.1. The summed E-state index contributed by atoms with van der Waals surface area (Å²) in [7, 11) is 0. The Morgan fingerprint density at radius 1 is 1.44 bits per heavy atom. The number of nitrogens with one attached hydrogen (secondary N) is 1. The van der Waals surface area contributed by atoms with Crippen LogP contribution in [0.4, 0.5) is 0 Å². The zero-order chi connectivity index (χ0) is 12.1. The summed E-state index contributed by atoms with van der Waals surface area (Å²) in [6, 6.07) is 5.96. The molecule has 0 aromatic heterocycles. The molecule has 16 heavy (non-hydrogen) atoms. The summed E-state index contributed by atoms with van der Waals surface area (Å²) in [6.07, 6.45) is 0. The maximum Gasteiger partial charge on any atom is 0.0459 e. The zero-order valence-electron chi connectivity index (χ0n) is 9.63. The molecule has 1 rings (SSSR count). The van der Waals surface area contributed by atoms with Crippen LogP contribution in [0.3, 0.4) is 0 Å². The largest absolute Gasteiger partial charge is 0.329 e. The minimum absolute atomic E-state index is 0.118. The van der Waals surface area contributed by atoms with Crippen molar-refractivity contribution in [1.29, 1.82) is 0 Å². The molecule has 0 saturated heterocycles. The van der Waals surface area contributed by atoms with Crippen LogP contribution >= 0.6 is 27.5 Å². The Bertz CT molecular complexity index is 342. The highest BCUT2D eigenvalue weighted by Gasteiger charge is 2.13. The van der Waals surface area contributed by atoms with Crippen LogP contribution in [0.5, 0.6) is 0 Å². The van der Waals surface area contributed by atoms with E-state index < -0.39 is 0 Å². The number of rotatable bonds is 5. The zero-order valence-corrected chi connectivity index (χ0v) is 12.0. The molecule has 0 saturated carbocycles. The summed E-state index contributed by atoms with van der Waals surface area (Å²) in [4.78, 5) is 0. The SMILES string of the molecule is CC(C)CNC(CN)c1cc(Br)ccc1Cl. The predicted octanol–water partition coefficient (Wildman–Crippen LogP) is 3.35. The van der Waals surface area contributed by atoms with Crippen LogP contribution in [0.1, 0.15) is 25.5 Å². The average Bonchev–Trinajstić information content (AvgIpc) is 2.23. The fourth-order valence-electron chi connectivity index (χ4n) is 1.48. The van der Waals surface area contributed by atoms with Crippen molar-refractivity contribution < 1.29 is 0 Å². The van der Waals surface area contributed by atoms with E-state index in [1.807, 2.05) is 18.2 Å². The first kappa shape index (κ1) is 14.0. The predicted molar refractivity (Wildman–Crippen MR) is 73.8 cm³/mol. The molecule has 1 unspecified atom stereocenters. The third kappa shape index (κ3) is 4.06. The average molecular weight is 306 g/mol. The smallest absolute Gasteiger partial charge is 0.0459 e. The first-order valence-electron chi connectivity index (χ1n) is 5.43. The van der Waals surface area contributed by atoms with E-state index in [0.29, 0.717) is 12.5 Å². The van der Waals surface area contributed by atoms with E-state index in [1.165, 1.54) is 0 Å². The molecule has 1 atom stereocenters. The highest BCUT2D eigenvalue weighted by atomic mass is 79.9. The van der Waals surface area contributed by atoms with Crippen molar-refractivity contribution >= 4 is 27.5 Å². The Morgan fingerprint density at radius 3 is 2.69 bits per heavy atom. The first-order valence-corrected chi connectivity index (χ1v) is 6.60. The van der Waals surface area contributed by atoms with Gasteiger partial charge in [0.1, 0.15) is 0 Å². The molecule has 90 valence electrons. The number of nitrogens with two attached hydrogens (primary N) is 1. The second kappa shape index (κ2) is 6.60. The minimum Gasteiger partial charge on any atom is -0.329 e. The van der Waals surface area contributed by atoms with Crippen molar-refractivity contribution in [3.63, 3.8) is 0 Å². The van der Waals surface area contributed by atoms with Crippen LogP contribution < -0.4 is 11.1 Å². The van der Waals surface area contributed by atoms with E-state index in [9.17, 15) is 0 Å². The van der Waals surface area contributed by atoms with Gasteiger partial charge in [-0.2, -0.15) is 0 Å². The third-order valence-electron chi connectivity index (χ3n) is 2.34. The summed E-state index contributed by atoms with van der Waals surface area (Å²) < 4.78 is 1.02. The highest BCUT2D eigenvalue weighted by molar-refractivity contribution is 9.10. The molecule has 0 heterocycles. The molecular formula is C12H18BrClN2. The molecule has 4 heteroatoms. The van der Waals surface area contributed by atoms with Gasteiger partial charge in [-0.1, -0.05) is 41.4 Å². The third-order valence-corrected chi connectivity index (χ3v) is 3.18. The van der Waals surface area contributed by atoms with E-state index >= 15 is 0 Å².